The van der Waals surface area contributed by atoms with Crippen LogP contribution in [0.4, 0.5) is 0 Å². The van der Waals surface area contributed by atoms with Crippen molar-refractivity contribution in [2.24, 2.45) is 0 Å². The summed E-state index contributed by atoms with van der Waals surface area (Å²) in [5, 5.41) is 9.32. The van der Waals surface area contributed by atoms with Gasteiger partial charge >= 0.3 is 0 Å². The number of hydrogen-bond donors (Lipinski definition) is 0. The summed E-state index contributed by atoms with van der Waals surface area (Å²) in [6.45, 7) is 2.05. The number of nitriles is 1. The largest absolute Gasteiger partial charge is 0.229 e. The fraction of sp³-hybridized carbons (Fsp3) is 0.0588. The third-order valence-corrected chi connectivity index (χ3v) is 4.98. The van der Waals surface area contributed by atoms with Crippen molar-refractivity contribution in [2.45, 2.75) is 11.3 Å². The lowest BCUT2D eigenvalue weighted by Crippen LogP contribution is -1.77. The van der Waals surface area contributed by atoms with Crippen LogP contribution in [0.1, 0.15) is 11.1 Å². The second-order valence-corrected chi connectivity index (χ2v) is 6.90. The highest BCUT2D eigenvalue weighted by Crippen LogP contribution is 2.34. The van der Waals surface area contributed by atoms with Gasteiger partial charge in [0.1, 0.15) is 6.07 Å². The molecule has 0 unspecified atom stereocenters. The van der Waals surface area contributed by atoms with E-state index in [4.69, 9.17) is 0 Å². The number of para-hydroxylation sites is 1. The SMILES string of the molecule is Cc1ccc(C=C(C#N)Sc2nc3ccccc3s2)cc1. The first-order chi connectivity index (χ1) is 10.2. The van der Waals surface area contributed by atoms with E-state index in [-0.39, 0.29) is 0 Å². The van der Waals surface area contributed by atoms with Crippen LogP contribution in [0, 0.1) is 18.3 Å². The summed E-state index contributed by atoms with van der Waals surface area (Å²) in [5.41, 5.74) is 3.23. The van der Waals surface area contributed by atoms with Crippen LogP contribution in [0.3, 0.4) is 0 Å². The lowest BCUT2D eigenvalue weighted by atomic mass is 10.1. The van der Waals surface area contributed by atoms with E-state index >= 15 is 0 Å². The molecule has 0 N–H and O–H groups in total. The number of aryl methyl sites for hydroxylation is 1. The van der Waals surface area contributed by atoms with E-state index in [9.17, 15) is 5.26 Å². The first kappa shape index (κ1) is 13.9. The van der Waals surface area contributed by atoms with Crippen LogP contribution in [0.25, 0.3) is 16.3 Å². The van der Waals surface area contributed by atoms with Crippen LogP contribution in [-0.2, 0) is 0 Å². The zero-order valence-corrected chi connectivity index (χ0v) is 13.0. The second-order valence-electron chi connectivity index (χ2n) is 4.58. The number of aromatic nitrogens is 1. The van der Waals surface area contributed by atoms with Crippen molar-refractivity contribution in [2.75, 3.05) is 0 Å². The molecule has 0 atom stereocenters. The summed E-state index contributed by atoms with van der Waals surface area (Å²) in [6, 6.07) is 18.4. The van der Waals surface area contributed by atoms with Crippen LogP contribution in [0.15, 0.2) is 57.8 Å². The number of thioether (sulfide) groups is 1. The molecule has 1 aromatic heterocycles. The van der Waals surface area contributed by atoms with E-state index in [0.29, 0.717) is 4.91 Å². The molecule has 21 heavy (non-hydrogen) atoms. The summed E-state index contributed by atoms with van der Waals surface area (Å²) in [5.74, 6) is 0. The van der Waals surface area contributed by atoms with Crippen LogP contribution in [0.2, 0.25) is 0 Å². The molecule has 0 radical (unpaired) electrons. The van der Waals surface area contributed by atoms with Gasteiger partial charge in [0.25, 0.3) is 0 Å². The van der Waals surface area contributed by atoms with Gasteiger partial charge in [-0.15, -0.1) is 11.3 Å². The van der Waals surface area contributed by atoms with Gasteiger partial charge in [0.05, 0.1) is 15.1 Å². The molecule has 0 spiro atoms. The Morgan fingerprint density at radius 2 is 1.95 bits per heavy atom. The van der Waals surface area contributed by atoms with Crippen molar-refractivity contribution in [3.63, 3.8) is 0 Å². The lowest BCUT2D eigenvalue weighted by molar-refractivity contribution is 1.31. The summed E-state index contributed by atoms with van der Waals surface area (Å²) in [7, 11) is 0. The number of nitrogens with zero attached hydrogens (tertiary/aromatic N) is 2. The lowest BCUT2D eigenvalue weighted by Gasteiger charge is -1.97. The molecule has 0 amide bonds. The Labute approximate surface area is 131 Å². The molecule has 1 heterocycles. The highest BCUT2D eigenvalue weighted by atomic mass is 32.2. The molecule has 0 saturated heterocycles. The van der Waals surface area contributed by atoms with E-state index in [1.165, 1.54) is 17.3 Å². The van der Waals surface area contributed by atoms with Crippen LogP contribution >= 0.6 is 23.1 Å². The third kappa shape index (κ3) is 3.33. The summed E-state index contributed by atoms with van der Waals surface area (Å²) >= 11 is 3.03. The number of hydrogen-bond acceptors (Lipinski definition) is 4. The molecular weight excluding hydrogens is 296 g/mol. The molecule has 0 aliphatic rings. The number of benzene rings is 2. The van der Waals surface area contributed by atoms with Gasteiger partial charge in [0.15, 0.2) is 4.34 Å². The van der Waals surface area contributed by atoms with Gasteiger partial charge in [-0.3, -0.25) is 0 Å². The van der Waals surface area contributed by atoms with Gasteiger partial charge < -0.3 is 0 Å². The van der Waals surface area contributed by atoms with Crippen LogP contribution < -0.4 is 0 Å². The van der Waals surface area contributed by atoms with Gasteiger partial charge in [0, 0.05) is 0 Å². The van der Waals surface area contributed by atoms with Crippen LogP contribution in [0.5, 0.6) is 0 Å². The Bertz CT molecular complexity index is 806. The van der Waals surface area contributed by atoms with E-state index in [1.54, 1.807) is 11.3 Å². The fourth-order valence-corrected chi connectivity index (χ4v) is 3.86. The maximum absolute atomic E-state index is 9.32. The van der Waals surface area contributed by atoms with Crippen molar-refractivity contribution in [3.05, 3.63) is 64.6 Å². The number of thiazole rings is 1. The summed E-state index contributed by atoms with van der Waals surface area (Å²) in [6.07, 6.45) is 1.90. The Hall–Kier alpha value is -2.09. The van der Waals surface area contributed by atoms with Crippen molar-refractivity contribution in [1.82, 2.24) is 4.98 Å². The molecule has 3 rings (SSSR count). The molecule has 2 aromatic carbocycles. The second kappa shape index (κ2) is 6.13. The standard InChI is InChI=1S/C17H12N2S2/c1-12-6-8-13(9-7-12)10-14(11-18)20-17-19-15-4-2-3-5-16(15)21-17/h2-10H,1H3. The Kier molecular flexibility index (Phi) is 4.05. The molecule has 2 nitrogen and oxygen atoms in total. The zero-order valence-electron chi connectivity index (χ0n) is 11.4. The smallest absolute Gasteiger partial charge is 0.156 e. The van der Waals surface area contributed by atoms with Crippen molar-refractivity contribution in [3.8, 4) is 6.07 Å². The number of fused-ring (bicyclic) bond motifs is 1. The molecule has 3 aromatic rings. The summed E-state index contributed by atoms with van der Waals surface area (Å²) in [4.78, 5) is 5.20. The molecule has 4 heteroatoms. The average molecular weight is 308 g/mol. The zero-order chi connectivity index (χ0) is 14.7. The number of allylic oxidation sites excluding steroid dienone is 1. The topological polar surface area (TPSA) is 36.7 Å². The van der Waals surface area contributed by atoms with E-state index in [2.05, 4.69) is 18.0 Å². The van der Waals surface area contributed by atoms with Crippen molar-refractivity contribution in [1.29, 1.82) is 5.26 Å². The minimum atomic E-state index is 0.651. The molecule has 0 saturated carbocycles. The average Bonchev–Trinajstić information content (AvgIpc) is 2.91. The fourth-order valence-electron chi connectivity index (χ4n) is 1.89. The quantitative estimate of drug-likeness (QED) is 0.489. The number of rotatable bonds is 3. The van der Waals surface area contributed by atoms with E-state index < -0.39 is 0 Å². The predicted molar refractivity (Wildman–Crippen MR) is 90.2 cm³/mol. The Morgan fingerprint density at radius 3 is 2.67 bits per heavy atom. The van der Waals surface area contributed by atoms with Gasteiger partial charge in [0.2, 0.25) is 0 Å². The molecule has 0 bridgehead atoms. The van der Waals surface area contributed by atoms with Gasteiger partial charge in [-0.25, -0.2) is 4.98 Å². The first-order valence-corrected chi connectivity index (χ1v) is 8.10. The molecule has 0 fully saturated rings. The maximum Gasteiger partial charge on any atom is 0.156 e. The van der Waals surface area contributed by atoms with Crippen molar-refractivity contribution < 1.29 is 0 Å². The normalized spacial score (nSPS) is 11.5. The van der Waals surface area contributed by atoms with Gasteiger partial charge in [-0.1, -0.05) is 42.0 Å². The van der Waals surface area contributed by atoms with E-state index in [0.717, 1.165) is 20.1 Å². The minimum absolute atomic E-state index is 0.651. The monoisotopic (exact) mass is 308 g/mol. The Morgan fingerprint density at radius 1 is 1.19 bits per heavy atom. The molecule has 0 aliphatic carbocycles. The van der Waals surface area contributed by atoms with Gasteiger partial charge in [-0.05, 0) is 42.5 Å². The van der Waals surface area contributed by atoms with Crippen molar-refractivity contribution >= 4 is 39.4 Å². The summed E-state index contributed by atoms with van der Waals surface area (Å²) < 4.78 is 2.05. The highest BCUT2D eigenvalue weighted by Gasteiger charge is 2.07. The predicted octanol–water partition coefficient (Wildman–Crippen LogP) is 5.26. The van der Waals surface area contributed by atoms with Crippen LogP contribution in [-0.4, -0.2) is 4.98 Å². The maximum atomic E-state index is 9.32. The van der Waals surface area contributed by atoms with Gasteiger partial charge in [-0.2, -0.15) is 5.26 Å². The molecule has 0 aliphatic heterocycles. The van der Waals surface area contributed by atoms with E-state index in [1.807, 2.05) is 54.6 Å². The molecular formula is C17H12N2S2. The minimum Gasteiger partial charge on any atom is -0.229 e. The Balaban J connectivity index is 1.87. The highest BCUT2D eigenvalue weighted by molar-refractivity contribution is 8.05. The first-order valence-electron chi connectivity index (χ1n) is 6.46. The molecule has 102 valence electrons. The third-order valence-electron chi connectivity index (χ3n) is 2.96.